The van der Waals surface area contributed by atoms with Crippen molar-refractivity contribution >= 4 is 5.69 Å². The molecule has 1 rings (SSSR count). The molecule has 1 heteroatoms. The second-order valence-electron chi connectivity index (χ2n) is 4.08. The molecule has 0 heterocycles. The maximum Gasteiger partial charge on any atom is 0.0402 e. The molecule has 1 aromatic carbocycles. The van der Waals surface area contributed by atoms with Crippen molar-refractivity contribution in [3.8, 4) is 0 Å². The quantitative estimate of drug-likeness (QED) is 0.716. The highest BCUT2D eigenvalue weighted by atomic mass is 14.9. The first-order valence-electron chi connectivity index (χ1n) is 4.97. The highest BCUT2D eigenvalue weighted by Gasteiger charge is 2.02. The summed E-state index contributed by atoms with van der Waals surface area (Å²) in [5.41, 5.74) is 6.34. The summed E-state index contributed by atoms with van der Waals surface area (Å²) in [5.74, 6) is 0. The summed E-state index contributed by atoms with van der Waals surface area (Å²) in [6, 6.07) is 4.40. The molecule has 0 fully saturated rings. The highest BCUT2D eigenvalue weighted by molar-refractivity contribution is 5.58. The van der Waals surface area contributed by atoms with Gasteiger partial charge in [0.05, 0.1) is 0 Å². The lowest BCUT2D eigenvalue weighted by molar-refractivity contribution is 1.18. The van der Waals surface area contributed by atoms with Crippen LogP contribution in [0.1, 0.15) is 23.6 Å². The average Bonchev–Trinajstić information content (AvgIpc) is 2.01. The van der Waals surface area contributed by atoms with E-state index < -0.39 is 0 Å². The van der Waals surface area contributed by atoms with Crippen LogP contribution >= 0.6 is 0 Å². The molecule has 0 radical (unpaired) electrons. The van der Waals surface area contributed by atoms with E-state index in [1.807, 2.05) is 6.92 Å². The molecule has 0 saturated heterocycles. The molecule has 1 nitrogen and oxygen atoms in total. The summed E-state index contributed by atoms with van der Waals surface area (Å²) < 4.78 is 0. The number of rotatable bonds is 3. The zero-order chi connectivity index (χ0) is 10.7. The largest absolute Gasteiger partial charge is 0.381 e. The van der Waals surface area contributed by atoms with Crippen LogP contribution in [0.15, 0.2) is 24.3 Å². The predicted octanol–water partition coefficient (Wildman–Crippen LogP) is 3.60. The van der Waals surface area contributed by atoms with Gasteiger partial charge < -0.3 is 5.32 Å². The van der Waals surface area contributed by atoms with Crippen molar-refractivity contribution in [2.75, 3.05) is 11.9 Å². The minimum Gasteiger partial charge on any atom is -0.381 e. The third kappa shape index (κ3) is 2.63. The monoisotopic (exact) mass is 189 g/mol. The molecule has 0 aromatic heterocycles. The first kappa shape index (κ1) is 10.8. The van der Waals surface area contributed by atoms with E-state index in [0.717, 1.165) is 12.1 Å². The number of hydrogen-bond acceptors (Lipinski definition) is 1. The van der Waals surface area contributed by atoms with Crippen LogP contribution < -0.4 is 5.32 Å². The average molecular weight is 189 g/mol. The topological polar surface area (TPSA) is 12.0 Å². The Hall–Kier alpha value is -1.24. The maximum atomic E-state index is 3.88. The molecule has 0 atom stereocenters. The van der Waals surface area contributed by atoms with Gasteiger partial charge in [-0.1, -0.05) is 29.8 Å². The Morgan fingerprint density at radius 2 is 1.71 bits per heavy atom. The zero-order valence-electron chi connectivity index (χ0n) is 9.57. The molecule has 0 unspecified atom stereocenters. The Kier molecular flexibility index (Phi) is 3.34. The number of benzene rings is 1. The standard InChI is InChI=1S/C13H19N/c1-9(2)8-14-13-11(4)6-10(3)7-12(13)5/h6-7,14H,1,8H2,2-5H3. The summed E-state index contributed by atoms with van der Waals surface area (Å²) in [4.78, 5) is 0. The van der Waals surface area contributed by atoms with E-state index in [4.69, 9.17) is 0 Å². The summed E-state index contributed by atoms with van der Waals surface area (Å²) >= 11 is 0. The molecule has 0 aliphatic rings. The molecule has 1 N–H and O–H groups in total. The molecule has 0 aliphatic heterocycles. The molecule has 0 amide bonds. The Bertz CT molecular complexity index is 327. The van der Waals surface area contributed by atoms with Gasteiger partial charge in [0.25, 0.3) is 0 Å². The normalized spacial score (nSPS) is 10.0. The van der Waals surface area contributed by atoms with Crippen molar-refractivity contribution < 1.29 is 0 Å². The molecule has 0 bridgehead atoms. The van der Waals surface area contributed by atoms with E-state index in [1.165, 1.54) is 22.4 Å². The minimum atomic E-state index is 0.852. The fraction of sp³-hybridized carbons (Fsp3) is 0.385. The van der Waals surface area contributed by atoms with Crippen LogP contribution in [0.3, 0.4) is 0 Å². The van der Waals surface area contributed by atoms with Crippen LogP contribution in [0.25, 0.3) is 0 Å². The van der Waals surface area contributed by atoms with Crippen molar-refractivity contribution in [3.05, 3.63) is 41.0 Å². The second kappa shape index (κ2) is 4.32. The SMILES string of the molecule is C=C(C)CNc1c(C)cc(C)cc1C. The maximum absolute atomic E-state index is 3.88. The smallest absolute Gasteiger partial charge is 0.0402 e. The van der Waals surface area contributed by atoms with Crippen LogP contribution in [0.5, 0.6) is 0 Å². The third-order valence-electron chi connectivity index (χ3n) is 2.24. The van der Waals surface area contributed by atoms with Gasteiger partial charge in [0.1, 0.15) is 0 Å². The van der Waals surface area contributed by atoms with E-state index in [1.54, 1.807) is 0 Å². The molecule has 0 saturated carbocycles. The van der Waals surface area contributed by atoms with Crippen molar-refractivity contribution in [1.29, 1.82) is 0 Å². The van der Waals surface area contributed by atoms with Gasteiger partial charge in [0.2, 0.25) is 0 Å². The van der Waals surface area contributed by atoms with Crippen LogP contribution in [0.2, 0.25) is 0 Å². The lowest BCUT2D eigenvalue weighted by Gasteiger charge is -2.13. The fourth-order valence-corrected chi connectivity index (χ4v) is 1.70. The first-order chi connectivity index (χ1) is 6.50. The predicted molar refractivity (Wildman–Crippen MR) is 64.0 cm³/mol. The lowest BCUT2D eigenvalue weighted by atomic mass is 10.1. The van der Waals surface area contributed by atoms with Crippen molar-refractivity contribution in [1.82, 2.24) is 0 Å². The lowest BCUT2D eigenvalue weighted by Crippen LogP contribution is -2.05. The number of nitrogens with one attached hydrogen (secondary N) is 1. The molecular formula is C13H19N. The zero-order valence-corrected chi connectivity index (χ0v) is 9.57. The Balaban J connectivity index is 2.91. The summed E-state index contributed by atoms with van der Waals surface area (Å²) in [5, 5.41) is 3.41. The number of hydrogen-bond donors (Lipinski definition) is 1. The van der Waals surface area contributed by atoms with Crippen molar-refractivity contribution in [3.63, 3.8) is 0 Å². The van der Waals surface area contributed by atoms with Gasteiger partial charge in [-0.05, 0) is 38.8 Å². The first-order valence-corrected chi connectivity index (χ1v) is 4.97. The van der Waals surface area contributed by atoms with Gasteiger partial charge in [-0.15, -0.1) is 0 Å². The molecular weight excluding hydrogens is 170 g/mol. The van der Waals surface area contributed by atoms with Gasteiger partial charge in [0.15, 0.2) is 0 Å². The van der Waals surface area contributed by atoms with Gasteiger partial charge in [-0.3, -0.25) is 0 Å². The second-order valence-corrected chi connectivity index (χ2v) is 4.08. The number of anilines is 1. The van der Waals surface area contributed by atoms with Crippen LogP contribution in [-0.2, 0) is 0 Å². The van der Waals surface area contributed by atoms with E-state index in [9.17, 15) is 0 Å². The van der Waals surface area contributed by atoms with Crippen LogP contribution in [0, 0.1) is 20.8 Å². The van der Waals surface area contributed by atoms with Crippen molar-refractivity contribution in [2.45, 2.75) is 27.7 Å². The highest BCUT2D eigenvalue weighted by Crippen LogP contribution is 2.21. The fourth-order valence-electron chi connectivity index (χ4n) is 1.70. The van der Waals surface area contributed by atoms with Crippen molar-refractivity contribution in [2.24, 2.45) is 0 Å². The number of aryl methyl sites for hydroxylation is 3. The molecule has 76 valence electrons. The summed E-state index contributed by atoms with van der Waals surface area (Å²) in [6.45, 7) is 13.2. The molecule has 0 aliphatic carbocycles. The van der Waals surface area contributed by atoms with Gasteiger partial charge >= 0.3 is 0 Å². The van der Waals surface area contributed by atoms with E-state index in [2.05, 4.69) is 44.8 Å². The Morgan fingerprint density at radius 3 is 2.14 bits per heavy atom. The Labute approximate surface area is 86.8 Å². The Morgan fingerprint density at radius 1 is 1.21 bits per heavy atom. The van der Waals surface area contributed by atoms with E-state index >= 15 is 0 Å². The van der Waals surface area contributed by atoms with Gasteiger partial charge in [0, 0.05) is 12.2 Å². The van der Waals surface area contributed by atoms with Gasteiger partial charge in [-0.2, -0.15) is 0 Å². The van der Waals surface area contributed by atoms with Gasteiger partial charge in [-0.25, -0.2) is 0 Å². The molecule has 0 spiro atoms. The van der Waals surface area contributed by atoms with E-state index in [-0.39, 0.29) is 0 Å². The molecule has 14 heavy (non-hydrogen) atoms. The third-order valence-corrected chi connectivity index (χ3v) is 2.24. The summed E-state index contributed by atoms with van der Waals surface area (Å²) in [7, 11) is 0. The van der Waals surface area contributed by atoms with Crippen LogP contribution in [0.4, 0.5) is 5.69 Å². The van der Waals surface area contributed by atoms with E-state index in [0.29, 0.717) is 0 Å². The minimum absolute atomic E-state index is 0.852. The summed E-state index contributed by atoms with van der Waals surface area (Å²) in [6.07, 6.45) is 0. The van der Waals surface area contributed by atoms with Crippen LogP contribution in [-0.4, -0.2) is 6.54 Å². The molecule has 1 aromatic rings.